The van der Waals surface area contributed by atoms with Gasteiger partial charge in [0.2, 0.25) is 0 Å². The van der Waals surface area contributed by atoms with E-state index in [1.54, 1.807) is 48.7 Å². The summed E-state index contributed by atoms with van der Waals surface area (Å²) in [6.45, 7) is 0. The number of nitrogens with zero attached hydrogens (tertiary/aromatic N) is 1. The van der Waals surface area contributed by atoms with Crippen molar-refractivity contribution in [1.29, 1.82) is 0 Å². The predicted molar refractivity (Wildman–Crippen MR) is 104 cm³/mol. The Kier molecular flexibility index (Phi) is 4.41. The van der Waals surface area contributed by atoms with Crippen molar-refractivity contribution >= 4 is 22.5 Å². The maximum Gasteiger partial charge on any atom is 0.259 e. The van der Waals surface area contributed by atoms with Gasteiger partial charge in [0, 0.05) is 17.3 Å². The second-order valence-electron chi connectivity index (χ2n) is 5.93. The number of aromatic nitrogens is 1. The Labute approximate surface area is 155 Å². The van der Waals surface area contributed by atoms with E-state index in [-0.39, 0.29) is 11.3 Å². The van der Waals surface area contributed by atoms with Crippen molar-refractivity contribution in [2.24, 2.45) is 0 Å². The molecule has 0 aliphatic heterocycles. The number of pyridine rings is 1. The van der Waals surface area contributed by atoms with Crippen LogP contribution in [0, 0.1) is 0 Å². The molecule has 1 heterocycles. The number of phenolic OH excluding ortho intramolecular Hbond substituents is 1. The number of phenols is 1. The van der Waals surface area contributed by atoms with Crippen LogP contribution >= 0.6 is 0 Å². The Morgan fingerprint density at radius 3 is 2.37 bits per heavy atom. The number of hydrogen-bond donors (Lipinski definition) is 2. The van der Waals surface area contributed by atoms with Gasteiger partial charge in [-0.25, -0.2) is 0 Å². The van der Waals surface area contributed by atoms with Gasteiger partial charge in [0.1, 0.15) is 17.0 Å². The molecular formula is C22H16N2O3. The number of carbonyl (C=O) groups excluding carboxylic acids is 1. The van der Waals surface area contributed by atoms with E-state index >= 15 is 0 Å². The van der Waals surface area contributed by atoms with Crippen LogP contribution in [0.5, 0.6) is 17.2 Å². The van der Waals surface area contributed by atoms with Crippen LogP contribution in [-0.2, 0) is 0 Å². The van der Waals surface area contributed by atoms with Crippen molar-refractivity contribution in [3.63, 3.8) is 0 Å². The number of rotatable bonds is 4. The Morgan fingerprint density at radius 1 is 0.852 bits per heavy atom. The molecule has 5 nitrogen and oxygen atoms in total. The molecule has 0 spiro atoms. The Balaban J connectivity index is 1.51. The lowest BCUT2D eigenvalue weighted by atomic mass is 10.1. The van der Waals surface area contributed by atoms with E-state index in [2.05, 4.69) is 10.3 Å². The van der Waals surface area contributed by atoms with Crippen molar-refractivity contribution in [2.75, 3.05) is 5.32 Å². The number of para-hydroxylation sites is 1. The fourth-order valence-electron chi connectivity index (χ4n) is 2.74. The molecule has 0 unspecified atom stereocenters. The average Bonchev–Trinajstić information content (AvgIpc) is 2.71. The van der Waals surface area contributed by atoms with E-state index < -0.39 is 5.91 Å². The van der Waals surface area contributed by atoms with Crippen molar-refractivity contribution in [1.82, 2.24) is 4.98 Å². The Hall–Kier alpha value is -3.86. The maximum atomic E-state index is 12.5. The van der Waals surface area contributed by atoms with E-state index in [0.29, 0.717) is 17.0 Å². The number of nitrogens with one attached hydrogen (secondary N) is 1. The van der Waals surface area contributed by atoms with E-state index in [9.17, 15) is 9.90 Å². The molecule has 0 fully saturated rings. The average molecular weight is 356 g/mol. The number of fused-ring (bicyclic) bond motifs is 1. The topological polar surface area (TPSA) is 71.5 Å². The van der Waals surface area contributed by atoms with Crippen LogP contribution in [0.15, 0.2) is 85.1 Å². The van der Waals surface area contributed by atoms with Crippen LogP contribution in [0.2, 0.25) is 0 Å². The Bertz CT molecular complexity index is 1090. The number of carbonyl (C=O) groups is 1. The van der Waals surface area contributed by atoms with Crippen molar-refractivity contribution in [2.45, 2.75) is 0 Å². The van der Waals surface area contributed by atoms with Gasteiger partial charge in [0.15, 0.2) is 5.75 Å². The summed E-state index contributed by atoms with van der Waals surface area (Å²) in [5, 5.41) is 13.9. The molecule has 4 rings (SSSR count). The monoisotopic (exact) mass is 356 g/mol. The highest BCUT2D eigenvalue weighted by atomic mass is 16.5. The molecule has 1 aromatic heterocycles. The lowest BCUT2D eigenvalue weighted by Gasteiger charge is -2.10. The predicted octanol–water partition coefficient (Wildman–Crippen LogP) is 4.99. The highest BCUT2D eigenvalue weighted by Crippen LogP contribution is 2.28. The van der Waals surface area contributed by atoms with Crippen LogP contribution in [0.3, 0.4) is 0 Å². The lowest BCUT2D eigenvalue weighted by molar-refractivity contribution is 0.102. The van der Waals surface area contributed by atoms with E-state index in [4.69, 9.17) is 4.74 Å². The molecule has 2 N–H and O–H groups in total. The highest BCUT2D eigenvalue weighted by Gasteiger charge is 2.14. The lowest BCUT2D eigenvalue weighted by Crippen LogP contribution is -2.12. The van der Waals surface area contributed by atoms with Crippen LogP contribution in [-0.4, -0.2) is 16.0 Å². The summed E-state index contributed by atoms with van der Waals surface area (Å²) in [5.41, 5.74) is 1.17. The number of aromatic hydroxyl groups is 1. The largest absolute Gasteiger partial charge is 0.505 e. The second kappa shape index (κ2) is 7.17. The highest BCUT2D eigenvalue weighted by molar-refractivity contribution is 6.09. The third-order valence-electron chi connectivity index (χ3n) is 4.08. The molecular weight excluding hydrogens is 340 g/mol. The van der Waals surface area contributed by atoms with E-state index in [1.807, 2.05) is 36.4 Å². The minimum Gasteiger partial charge on any atom is -0.505 e. The molecule has 0 atom stereocenters. The maximum absolute atomic E-state index is 12.5. The Morgan fingerprint density at radius 2 is 1.59 bits per heavy atom. The normalized spacial score (nSPS) is 10.5. The molecule has 132 valence electrons. The molecule has 0 saturated heterocycles. The number of anilines is 1. The zero-order valence-corrected chi connectivity index (χ0v) is 14.3. The molecule has 0 aliphatic rings. The van der Waals surface area contributed by atoms with Crippen molar-refractivity contribution < 1.29 is 14.6 Å². The smallest absolute Gasteiger partial charge is 0.259 e. The van der Waals surface area contributed by atoms with Gasteiger partial charge in [-0.3, -0.25) is 9.78 Å². The van der Waals surface area contributed by atoms with Crippen LogP contribution < -0.4 is 10.1 Å². The number of hydrogen-bond acceptors (Lipinski definition) is 4. The van der Waals surface area contributed by atoms with Gasteiger partial charge in [-0.15, -0.1) is 0 Å². The zero-order valence-electron chi connectivity index (χ0n) is 14.3. The molecule has 5 heteroatoms. The summed E-state index contributed by atoms with van der Waals surface area (Å²) < 4.78 is 5.73. The SMILES string of the molecule is O=C(Nc1ccc(Oc2ccccc2)cc1)c1ccc2cccnc2c1O. The molecule has 0 aliphatic carbocycles. The summed E-state index contributed by atoms with van der Waals surface area (Å²) in [5.74, 6) is 0.867. The standard InChI is InChI=1S/C22H16N2O3/c25-21-19(13-8-15-5-4-14-23-20(15)21)22(26)24-16-9-11-18(12-10-16)27-17-6-2-1-3-7-17/h1-14,25H,(H,24,26). The first-order chi connectivity index (χ1) is 13.2. The molecule has 0 radical (unpaired) electrons. The summed E-state index contributed by atoms with van der Waals surface area (Å²) >= 11 is 0. The van der Waals surface area contributed by atoms with Gasteiger partial charge in [-0.05, 0) is 48.5 Å². The second-order valence-corrected chi connectivity index (χ2v) is 5.93. The minimum atomic E-state index is -0.406. The van der Waals surface area contributed by atoms with E-state index in [1.165, 1.54) is 0 Å². The fraction of sp³-hybridized carbons (Fsp3) is 0. The van der Waals surface area contributed by atoms with Crippen LogP contribution in [0.1, 0.15) is 10.4 Å². The summed E-state index contributed by atoms with van der Waals surface area (Å²) in [6.07, 6.45) is 1.58. The van der Waals surface area contributed by atoms with Gasteiger partial charge >= 0.3 is 0 Å². The van der Waals surface area contributed by atoms with Crippen molar-refractivity contribution in [3.8, 4) is 17.2 Å². The van der Waals surface area contributed by atoms with Crippen LogP contribution in [0.25, 0.3) is 10.9 Å². The third kappa shape index (κ3) is 3.57. The quantitative estimate of drug-likeness (QED) is 0.541. The van der Waals surface area contributed by atoms with E-state index in [0.717, 1.165) is 11.1 Å². The number of amides is 1. The van der Waals surface area contributed by atoms with Gasteiger partial charge in [0.25, 0.3) is 5.91 Å². The van der Waals surface area contributed by atoms with Gasteiger partial charge < -0.3 is 15.2 Å². The summed E-state index contributed by atoms with van der Waals surface area (Å²) in [6, 6.07) is 23.4. The number of ether oxygens (including phenoxy) is 1. The molecule has 27 heavy (non-hydrogen) atoms. The minimum absolute atomic E-state index is 0.130. The van der Waals surface area contributed by atoms with Gasteiger partial charge in [-0.1, -0.05) is 30.3 Å². The van der Waals surface area contributed by atoms with Gasteiger partial charge in [-0.2, -0.15) is 0 Å². The third-order valence-corrected chi connectivity index (χ3v) is 4.08. The molecule has 0 bridgehead atoms. The summed E-state index contributed by atoms with van der Waals surface area (Å²) in [4.78, 5) is 16.7. The summed E-state index contributed by atoms with van der Waals surface area (Å²) in [7, 11) is 0. The fourth-order valence-corrected chi connectivity index (χ4v) is 2.74. The number of benzene rings is 3. The zero-order chi connectivity index (χ0) is 18.6. The first-order valence-corrected chi connectivity index (χ1v) is 8.42. The molecule has 1 amide bonds. The molecule has 0 saturated carbocycles. The van der Waals surface area contributed by atoms with Crippen molar-refractivity contribution in [3.05, 3.63) is 90.6 Å². The van der Waals surface area contributed by atoms with Gasteiger partial charge in [0.05, 0.1) is 5.56 Å². The van der Waals surface area contributed by atoms with Crippen LogP contribution in [0.4, 0.5) is 5.69 Å². The first kappa shape index (κ1) is 16.6. The first-order valence-electron chi connectivity index (χ1n) is 8.42. The molecule has 3 aromatic carbocycles. The molecule has 4 aromatic rings.